The predicted molar refractivity (Wildman–Crippen MR) is 143 cm³/mol. The number of carbonyl (C=O) groups excluding carboxylic acids is 1. The number of para-hydroxylation sites is 1. The van der Waals surface area contributed by atoms with Crippen LogP contribution in [0.25, 0.3) is 5.69 Å². The Labute approximate surface area is 218 Å². The second-order valence-corrected chi connectivity index (χ2v) is 8.92. The Hall–Kier alpha value is -4.38. The molecule has 0 aliphatic heterocycles. The number of rotatable bonds is 11. The highest BCUT2D eigenvalue weighted by atomic mass is 32.2. The van der Waals surface area contributed by atoms with E-state index in [0.717, 1.165) is 17.1 Å². The first-order valence-electron chi connectivity index (χ1n) is 11.6. The van der Waals surface area contributed by atoms with Crippen LogP contribution >= 0.6 is 11.8 Å². The molecule has 0 fully saturated rings. The number of thioether (sulfide) groups is 1. The van der Waals surface area contributed by atoms with Crippen molar-refractivity contribution in [3.63, 3.8) is 0 Å². The number of nitro benzene ring substituents is 1. The minimum absolute atomic E-state index is 0.0211. The van der Waals surface area contributed by atoms with Gasteiger partial charge in [0, 0.05) is 29.2 Å². The number of aromatic nitrogens is 3. The molecule has 37 heavy (non-hydrogen) atoms. The maximum Gasteiger partial charge on any atom is 0.269 e. The fourth-order valence-corrected chi connectivity index (χ4v) is 4.35. The molecule has 0 saturated heterocycles. The summed E-state index contributed by atoms with van der Waals surface area (Å²) in [5.74, 6) is 1.34. The van der Waals surface area contributed by atoms with E-state index in [0.29, 0.717) is 35.4 Å². The van der Waals surface area contributed by atoms with Crippen LogP contribution in [0.4, 0.5) is 17.1 Å². The summed E-state index contributed by atoms with van der Waals surface area (Å²) in [6, 6.07) is 21.7. The van der Waals surface area contributed by atoms with Gasteiger partial charge in [0.2, 0.25) is 5.91 Å². The Kier molecular flexibility index (Phi) is 8.37. The lowest BCUT2D eigenvalue weighted by molar-refractivity contribution is -0.384. The predicted octanol–water partition coefficient (Wildman–Crippen LogP) is 5.23. The van der Waals surface area contributed by atoms with Crippen molar-refractivity contribution in [1.29, 1.82) is 0 Å². The summed E-state index contributed by atoms with van der Waals surface area (Å²) in [6.07, 6.45) is 0. The van der Waals surface area contributed by atoms with Crippen LogP contribution in [0.1, 0.15) is 18.3 Å². The van der Waals surface area contributed by atoms with Crippen molar-refractivity contribution in [1.82, 2.24) is 14.8 Å². The number of benzene rings is 3. The second-order valence-electron chi connectivity index (χ2n) is 7.97. The number of aryl methyl sites for hydroxylation is 1. The smallest absolute Gasteiger partial charge is 0.269 e. The first kappa shape index (κ1) is 25.7. The number of nitro groups is 1. The number of nitrogens with zero attached hydrogens (tertiary/aromatic N) is 4. The third-order valence-corrected chi connectivity index (χ3v) is 6.29. The van der Waals surface area contributed by atoms with Gasteiger partial charge in [-0.15, -0.1) is 10.2 Å². The van der Waals surface area contributed by atoms with Gasteiger partial charge < -0.3 is 15.4 Å². The van der Waals surface area contributed by atoms with Crippen molar-refractivity contribution < 1.29 is 14.5 Å². The van der Waals surface area contributed by atoms with Gasteiger partial charge in [-0.3, -0.25) is 19.5 Å². The summed E-state index contributed by atoms with van der Waals surface area (Å²) in [7, 11) is 0. The van der Waals surface area contributed by atoms with Crippen molar-refractivity contribution >= 4 is 34.7 Å². The SMILES string of the molecule is CCOc1ccc(NCc2nnc(SCC(=O)Nc3ccc([N+](=O)[O-])cc3C)n2-c2ccccc2)cc1. The van der Waals surface area contributed by atoms with Gasteiger partial charge in [0.25, 0.3) is 5.69 Å². The summed E-state index contributed by atoms with van der Waals surface area (Å²) in [4.78, 5) is 23.1. The molecule has 0 unspecified atom stereocenters. The average Bonchev–Trinajstić information content (AvgIpc) is 3.31. The molecule has 0 bridgehead atoms. The molecule has 190 valence electrons. The van der Waals surface area contributed by atoms with E-state index in [1.54, 1.807) is 6.92 Å². The van der Waals surface area contributed by atoms with E-state index in [1.807, 2.05) is 66.1 Å². The summed E-state index contributed by atoms with van der Waals surface area (Å²) < 4.78 is 7.41. The average molecular weight is 519 g/mol. The number of anilines is 2. The Balaban J connectivity index is 1.46. The number of ether oxygens (including phenoxy) is 1. The Morgan fingerprint density at radius 1 is 1.08 bits per heavy atom. The molecule has 0 saturated carbocycles. The number of hydrogen-bond donors (Lipinski definition) is 2. The van der Waals surface area contributed by atoms with Gasteiger partial charge in [0.1, 0.15) is 5.75 Å². The molecule has 2 N–H and O–H groups in total. The van der Waals surface area contributed by atoms with Gasteiger partial charge in [-0.25, -0.2) is 0 Å². The molecule has 0 atom stereocenters. The van der Waals surface area contributed by atoms with Crippen LogP contribution in [0.3, 0.4) is 0 Å². The maximum absolute atomic E-state index is 12.7. The third-order valence-electron chi connectivity index (χ3n) is 5.36. The molecule has 1 amide bonds. The van der Waals surface area contributed by atoms with E-state index in [9.17, 15) is 14.9 Å². The number of amides is 1. The molecule has 10 nitrogen and oxygen atoms in total. The summed E-state index contributed by atoms with van der Waals surface area (Å²) in [5, 5.41) is 26.4. The molecule has 4 rings (SSSR count). The summed E-state index contributed by atoms with van der Waals surface area (Å²) in [6.45, 7) is 4.69. The van der Waals surface area contributed by atoms with Crippen LogP contribution < -0.4 is 15.4 Å². The topological polar surface area (TPSA) is 124 Å². The van der Waals surface area contributed by atoms with E-state index in [1.165, 1.54) is 30.0 Å². The van der Waals surface area contributed by atoms with E-state index in [2.05, 4.69) is 20.8 Å². The molecule has 0 aliphatic carbocycles. The lowest BCUT2D eigenvalue weighted by atomic mass is 10.2. The molecule has 1 aromatic heterocycles. The minimum atomic E-state index is -0.465. The first-order chi connectivity index (χ1) is 17.9. The van der Waals surface area contributed by atoms with Crippen LogP contribution in [0.15, 0.2) is 78.0 Å². The number of hydrogen-bond acceptors (Lipinski definition) is 8. The Morgan fingerprint density at radius 3 is 2.51 bits per heavy atom. The number of nitrogens with one attached hydrogen (secondary N) is 2. The zero-order chi connectivity index (χ0) is 26.2. The van der Waals surface area contributed by atoms with Crippen molar-refractivity contribution in [3.8, 4) is 11.4 Å². The van der Waals surface area contributed by atoms with Gasteiger partial charge >= 0.3 is 0 Å². The van der Waals surface area contributed by atoms with E-state index in [4.69, 9.17) is 4.74 Å². The number of non-ortho nitro benzene ring substituents is 1. The molecule has 0 radical (unpaired) electrons. The van der Waals surface area contributed by atoms with Gasteiger partial charge in [-0.1, -0.05) is 30.0 Å². The van der Waals surface area contributed by atoms with Crippen LogP contribution in [0.5, 0.6) is 5.75 Å². The highest BCUT2D eigenvalue weighted by Crippen LogP contribution is 2.25. The first-order valence-corrected chi connectivity index (χ1v) is 12.6. The van der Waals surface area contributed by atoms with Crippen molar-refractivity contribution in [2.24, 2.45) is 0 Å². The van der Waals surface area contributed by atoms with Gasteiger partial charge in [-0.2, -0.15) is 0 Å². The third kappa shape index (κ3) is 6.64. The Bertz CT molecular complexity index is 1380. The summed E-state index contributed by atoms with van der Waals surface area (Å²) >= 11 is 1.26. The lowest BCUT2D eigenvalue weighted by Crippen LogP contribution is -2.15. The molecule has 4 aromatic rings. The van der Waals surface area contributed by atoms with Gasteiger partial charge in [0.15, 0.2) is 11.0 Å². The van der Waals surface area contributed by atoms with Gasteiger partial charge in [-0.05, 0) is 61.9 Å². The van der Waals surface area contributed by atoms with Crippen molar-refractivity contribution in [2.75, 3.05) is 23.0 Å². The molecule has 0 aliphatic rings. The van der Waals surface area contributed by atoms with Crippen molar-refractivity contribution in [3.05, 3.63) is 94.3 Å². The molecule has 0 spiro atoms. The highest BCUT2D eigenvalue weighted by Gasteiger charge is 2.17. The maximum atomic E-state index is 12.7. The van der Waals surface area contributed by atoms with Gasteiger partial charge in [0.05, 0.1) is 23.8 Å². The monoisotopic (exact) mass is 518 g/mol. The lowest BCUT2D eigenvalue weighted by Gasteiger charge is -2.12. The Morgan fingerprint density at radius 2 is 1.84 bits per heavy atom. The zero-order valence-corrected chi connectivity index (χ0v) is 21.2. The van der Waals surface area contributed by atoms with E-state index >= 15 is 0 Å². The molecular formula is C26H26N6O4S. The molecule has 11 heteroatoms. The molecule has 3 aromatic carbocycles. The second kappa shape index (κ2) is 12.0. The molecule has 1 heterocycles. The highest BCUT2D eigenvalue weighted by molar-refractivity contribution is 7.99. The van der Waals surface area contributed by atoms with Crippen molar-refractivity contribution in [2.45, 2.75) is 25.5 Å². The minimum Gasteiger partial charge on any atom is -0.494 e. The normalized spacial score (nSPS) is 10.6. The fourth-order valence-electron chi connectivity index (χ4n) is 3.58. The van der Waals surface area contributed by atoms with E-state index < -0.39 is 4.92 Å². The fraction of sp³-hybridized carbons (Fsp3) is 0.192. The summed E-state index contributed by atoms with van der Waals surface area (Å²) in [5.41, 5.74) is 2.92. The van der Waals surface area contributed by atoms with E-state index in [-0.39, 0.29) is 17.3 Å². The van der Waals surface area contributed by atoms with Crippen LogP contribution in [-0.4, -0.2) is 38.0 Å². The number of carbonyl (C=O) groups is 1. The van der Waals surface area contributed by atoms with Crippen LogP contribution in [0.2, 0.25) is 0 Å². The van der Waals surface area contributed by atoms with Crippen LogP contribution in [-0.2, 0) is 11.3 Å². The zero-order valence-electron chi connectivity index (χ0n) is 20.4. The molecular weight excluding hydrogens is 492 g/mol. The standard InChI is InChI=1S/C26H26N6O4S/c1-3-36-22-12-9-19(10-13-22)27-16-24-29-30-26(31(24)20-7-5-4-6-8-20)37-17-25(33)28-23-14-11-21(32(34)35)15-18(23)2/h4-15,27H,3,16-17H2,1-2H3,(H,28,33). The largest absolute Gasteiger partial charge is 0.494 e. The van der Waals surface area contributed by atoms with Crippen LogP contribution in [0, 0.1) is 17.0 Å². The quantitative estimate of drug-likeness (QED) is 0.157.